The number of hydrogen-bond donors (Lipinski definition) is 4. The van der Waals surface area contributed by atoms with Crippen LogP contribution in [0, 0.1) is 0 Å². The van der Waals surface area contributed by atoms with Crippen molar-refractivity contribution in [3.63, 3.8) is 0 Å². The van der Waals surface area contributed by atoms with E-state index < -0.39 is 13.4 Å². The number of nitrogens with one attached hydrogen (secondary N) is 1. The average molecular weight is 182 g/mol. The topological polar surface area (TPSA) is 95.6 Å². The van der Waals surface area contributed by atoms with Gasteiger partial charge in [-0.1, -0.05) is 19.8 Å². The minimum atomic E-state index is -4.04. The van der Waals surface area contributed by atoms with Crippen LogP contribution in [0.1, 0.15) is 26.2 Å². The predicted molar refractivity (Wildman–Crippen MR) is 42.7 cm³/mol. The molecular weight excluding hydrogens is 167 g/mol. The van der Waals surface area contributed by atoms with Gasteiger partial charge in [0.15, 0.2) is 0 Å². The minimum absolute atomic E-state index is 0.414. The molecule has 6 heteroatoms. The zero-order chi connectivity index (χ0) is 8.91. The molecule has 0 aromatic carbocycles. The van der Waals surface area contributed by atoms with E-state index in [2.05, 4.69) is 5.43 Å². The molecule has 0 aromatic heterocycles. The molecule has 0 fully saturated rings. The van der Waals surface area contributed by atoms with Crippen molar-refractivity contribution in [1.29, 1.82) is 0 Å². The van der Waals surface area contributed by atoms with E-state index in [0.29, 0.717) is 6.42 Å². The van der Waals surface area contributed by atoms with Crippen molar-refractivity contribution in [2.24, 2.45) is 5.84 Å². The molecule has 0 radical (unpaired) electrons. The van der Waals surface area contributed by atoms with E-state index in [9.17, 15) is 4.57 Å². The number of hydrogen-bond acceptors (Lipinski definition) is 3. The van der Waals surface area contributed by atoms with Crippen LogP contribution in [-0.4, -0.2) is 15.6 Å². The summed E-state index contributed by atoms with van der Waals surface area (Å²) in [6, 6.07) is 0. The van der Waals surface area contributed by atoms with Gasteiger partial charge in [-0.2, -0.15) is 0 Å². The summed E-state index contributed by atoms with van der Waals surface area (Å²) in [6.07, 6.45) is 2.08. The van der Waals surface area contributed by atoms with E-state index in [1.807, 2.05) is 6.92 Å². The molecule has 0 bridgehead atoms. The molecule has 0 aromatic rings. The summed E-state index contributed by atoms with van der Waals surface area (Å²) in [7, 11) is -4.04. The fourth-order valence-corrected chi connectivity index (χ4v) is 1.46. The molecule has 68 valence electrons. The summed E-state index contributed by atoms with van der Waals surface area (Å²) in [4.78, 5) is 17.3. The number of unbranched alkanes of at least 4 members (excludes halogenated alkanes) is 1. The van der Waals surface area contributed by atoms with Gasteiger partial charge in [-0.3, -0.25) is 10.4 Å². The standard InChI is InChI=1S/C5H15N2O3P/c1-2-3-4-5(7-6)11(8,9)10/h5,7H,2-4,6H2,1H3,(H2,8,9,10). The Balaban J connectivity index is 3.86. The highest BCUT2D eigenvalue weighted by molar-refractivity contribution is 7.52. The smallest absolute Gasteiger partial charge is 0.323 e. The first-order valence-corrected chi connectivity index (χ1v) is 5.22. The van der Waals surface area contributed by atoms with Crippen LogP contribution in [-0.2, 0) is 4.57 Å². The van der Waals surface area contributed by atoms with E-state index in [-0.39, 0.29) is 0 Å². The van der Waals surface area contributed by atoms with E-state index in [4.69, 9.17) is 15.6 Å². The van der Waals surface area contributed by atoms with Gasteiger partial charge in [0.25, 0.3) is 0 Å². The van der Waals surface area contributed by atoms with Crippen molar-refractivity contribution in [2.75, 3.05) is 0 Å². The van der Waals surface area contributed by atoms with Crippen LogP contribution < -0.4 is 11.3 Å². The summed E-state index contributed by atoms with van der Waals surface area (Å²) < 4.78 is 10.6. The van der Waals surface area contributed by atoms with Crippen LogP contribution in [0.15, 0.2) is 0 Å². The summed E-state index contributed by atoms with van der Waals surface area (Å²) in [5.41, 5.74) is 2.11. The van der Waals surface area contributed by atoms with Crippen LogP contribution in [0.2, 0.25) is 0 Å². The largest absolute Gasteiger partial charge is 0.343 e. The predicted octanol–water partition coefficient (Wildman–Crippen LogP) is 0.144. The molecule has 0 saturated heterocycles. The van der Waals surface area contributed by atoms with E-state index >= 15 is 0 Å². The first-order chi connectivity index (χ1) is 5.02. The van der Waals surface area contributed by atoms with Crippen LogP contribution in [0.25, 0.3) is 0 Å². The van der Waals surface area contributed by atoms with Crippen molar-refractivity contribution in [3.05, 3.63) is 0 Å². The van der Waals surface area contributed by atoms with Gasteiger partial charge in [0, 0.05) is 0 Å². The van der Waals surface area contributed by atoms with Gasteiger partial charge in [0.1, 0.15) is 5.78 Å². The number of nitrogens with two attached hydrogens (primary N) is 1. The third-order valence-corrected chi connectivity index (χ3v) is 2.65. The maximum absolute atomic E-state index is 10.6. The molecule has 11 heavy (non-hydrogen) atoms. The Morgan fingerprint density at radius 2 is 2.18 bits per heavy atom. The fourth-order valence-electron chi connectivity index (χ4n) is 0.746. The van der Waals surface area contributed by atoms with Gasteiger partial charge in [-0.05, 0) is 6.42 Å². The summed E-state index contributed by atoms with van der Waals surface area (Å²) in [6.45, 7) is 1.95. The zero-order valence-corrected chi connectivity index (χ0v) is 7.42. The lowest BCUT2D eigenvalue weighted by Crippen LogP contribution is -2.34. The normalized spacial score (nSPS) is 14.9. The van der Waals surface area contributed by atoms with Gasteiger partial charge < -0.3 is 9.79 Å². The second kappa shape index (κ2) is 4.85. The molecule has 0 amide bonds. The molecule has 0 aliphatic rings. The third kappa shape index (κ3) is 4.50. The fraction of sp³-hybridized carbons (Fsp3) is 1.00. The van der Waals surface area contributed by atoms with Gasteiger partial charge in [0.2, 0.25) is 0 Å². The van der Waals surface area contributed by atoms with E-state index in [1.165, 1.54) is 0 Å². The monoisotopic (exact) mass is 182 g/mol. The lowest BCUT2D eigenvalue weighted by Gasteiger charge is -2.16. The Hall–Kier alpha value is 0.0700. The zero-order valence-electron chi connectivity index (χ0n) is 6.53. The quantitative estimate of drug-likeness (QED) is 0.275. The second-order valence-electron chi connectivity index (χ2n) is 2.41. The van der Waals surface area contributed by atoms with Crippen molar-refractivity contribution >= 4 is 7.60 Å². The Kier molecular flexibility index (Phi) is 4.88. The van der Waals surface area contributed by atoms with Crippen LogP contribution in [0.5, 0.6) is 0 Å². The van der Waals surface area contributed by atoms with Gasteiger partial charge >= 0.3 is 7.60 Å². The van der Waals surface area contributed by atoms with Gasteiger partial charge in [-0.15, -0.1) is 0 Å². The summed E-state index contributed by atoms with van der Waals surface area (Å²) in [5.74, 6) is 4.07. The molecule has 0 saturated carbocycles. The summed E-state index contributed by atoms with van der Waals surface area (Å²) >= 11 is 0. The molecule has 0 rings (SSSR count). The first kappa shape index (κ1) is 11.1. The maximum atomic E-state index is 10.6. The lowest BCUT2D eigenvalue weighted by atomic mass is 10.2. The lowest BCUT2D eigenvalue weighted by molar-refractivity contribution is 0.341. The minimum Gasteiger partial charge on any atom is -0.323 e. The Morgan fingerprint density at radius 1 is 1.64 bits per heavy atom. The summed E-state index contributed by atoms with van der Waals surface area (Å²) in [5, 5.41) is 0. The van der Waals surface area contributed by atoms with Crippen molar-refractivity contribution in [1.82, 2.24) is 5.43 Å². The Morgan fingerprint density at radius 3 is 2.45 bits per heavy atom. The van der Waals surface area contributed by atoms with E-state index in [1.54, 1.807) is 0 Å². The van der Waals surface area contributed by atoms with Crippen LogP contribution in [0.3, 0.4) is 0 Å². The Bertz CT molecular complexity index is 147. The molecule has 5 nitrogen and oxygen atoms in total. The van der Waals surface area contributed by atoms with Crippen molar-refractivity contribution < 1.29 is 14.4 Å². The van der Waals surface area contributed by atoms with Crippen LogP contribution in [0.4, 0.5) is 0 Å². The molecule has 5 N–H and O–H groups in total. The van der Waals surface area contributed by atoms with Crippen molar-refractivity contribution in [3.8, 4) is 0 Å². The molecule has 0 aliphatic carbocycles. The molecule has 0 aliphatic heterocycles. The van der Waals surface area contributed by atoms with Crippen molar-refractivity contribution in [2.45, 2.75) is 32.0 Å². The highest BCUT2D eigenvalue weighted by Gasteiger charge is 2.26. The molecule has 0 heterocycles. The van der Waals surface area contributed by atoms with Gasteiger partial charge in [0.05, 0.1) is 0 Å². The SMILES string of the molecule is CCCCC(NN)P(=O)(O)O. The first-order valence-electron chi connectivity index (χ1n) is 3.53. The number of rotatable bonds is 5. The maximum Gasteiger partial charge on any atom is 0.343 e. The van der Waals surface area contributed by atoms with E-state index in [0.717, 1.165) is 12.8 Å². The average Bonchev–Trinajstić information content (AvgIpc) is 1.87. The Labute approximate surface area is 66.1 Å². The second-order valence-corrected chi connectivity index (χ2v) is 4.22. The highest BCUT2D eigenvalue weighted by Crippen LogP contribution is 2.41. The molecular formula is C5H15N2O3P. The molecule has 0 spiro atoms. The molecule has 1 unspecified atom stereocenters. The highest BCUT2D eigenvalue weighted by atomic mass is 31.2. The molecule has 1 atom stereocenters. The third-order valence-electron chi connectivity index (χ3n) is 1.43. The van der Waals surface area contributed by atoms with Crippen LogP contribution >= 0.6 is 7.60 Å². The number of hydrazine groups is 1. The van der Waals surface area contributed by atoms with Gasteiger partial charge in [-0.25, -0.2) is 5.43 Å².